The molecule has 0 aliphatic heterocycles. The van der Waals surface area contributed by atoms with Crippen molar-refractivity contribution in [3.63, 3.8) is 0 Å². The zero-order valence-corrected chi connectivity index (χ0v) is 8.34. The van der Waals surface area contributed by atoms with Crippen LogP contribution in [0.4, 0.5) is 0 Å². The van der Waals surface area contributed by atoms with E-state index in [0.717, 1.165) is 5.69 Å². The largest absolute Gasteiger partial charge is 0.476 e. The summed E-state index contributed by atoms with van der Waals surface area (Å²) in [5, 5.41) is 22.2. The van der Waals surface area contributed by atoms with Crippen LogP contribution in [0.5, 0.6) is 11.8 Å². The van der Waals surface area contributed by atoms with Gasteiger partial charge in [-0.1, -0.05) is 0 Å². The maximum atomic E-state index is 10.5. The molecular weight excluding hydrogens is 212 g/mol. The van der Waals surface area contributed by atoms with Crippen molar-refractivity contribution >= 4 is 5.97 Å². The van der Waals surface area contributed by atoms with Gasteiger partial charge in [-0.05, 0) is 13.0 Å². The fourth-order valence-electron chi connectivity index (χ4n) is 1.04. The van der Waals surface area contributed by atoms with E-state index in [1.807, 2.05) is 6.92 Å². The fraction of sp³-hybridized carbons (Fsp3) is 0.111. The number of carboxylic acids is 1. The molecule has 0 atom stereocenters. The molecule has 0 amide bonds. The number of aromatic nitrogens is 4. The van der Waals surface area contributed by atoms with Crippen LogP contribution in [-0.4, -0.2) is 31.5 Å². The summed E-state index contributed by atoms with van der Waals surface area (Å²) in [6.45, 7) is 1.83. The number of H-pyrrole nitrogens is 1. The second-order valence-electron chi connectivity index (χ2n) is 3.05. The fourth-order valence-corrected chi connectivity index (χ4v) is 1.04. The Kier molecular flexibility index (Phi) is 2.50. The minimum absolute atomic E-state index is 0.134. The molecule has 0 aliphatic rings. The van der Waals surface area contributed by atoms with Crippen molar-refractivity contribution in [3.8, 4) is 11.8 Å². The summed E-state index contributed by atoms with van der Waals surface area (Å²) >= 11 is 0. The molecule has 0 spiro atoms. The molecule has 0 saturated carbocycles. The summed E-state index contributed by atoms with van der Waals surface area (Å²) < 4.78 is 5.23. The molecule has 0 aromatic carbocycles. The van der Waals surface area contributed by atoms with Crippen LogP contribution in [0.1, 0.15) is 16.2 Å². The molecule has 2 heterocycles. The molecule has 82 valence electrons. The Balaban J connectivity index is 2.14. The third-order valence-corrected chi connectivity index (χ3v) is 1.75. The Morgan fingerprint density at radius 3 is 2.69 bits per heavy atom. The number of rotatable bonds is 3. The van der Waals surface area contributed by atoms with Crippen LogP contribution >= 0.6 is 0 Å². The molecule has 2 N–H and O–H groups in total. The number of carboxylic acid groups (broad SMARTS) is 1. The molecular formula is C9H8N4O3. The normalized spacial score (nSPS) is 10.1. The maximum absolute atomic E-state index is 10.5. The summed E-state index contributed by atoms with van der Waals surface area (Å²) in [7, 11) is 0. The predicted molar refractivity (Wildman–Crippen MR) is 52.4 cm³/mol. The zero-order valence-electron chi connectivity index (χ0n) is 8.34. The van der Waals surface area contributed by atoms with Crippen molar-refractivity contribution in [2.24, 2.45) is 0 Å². The summed E-state index contributed by atoms with van der Waals surface area (Å²) in [4.78, 5) is 10.5. The van der Waals surface area contributed by atoms with Gasteiger partial charge in [0.25, 0.3) is 0 Å². The zero-order chi connectivity index (χ0) is 11.5. The van der Waals surface area contributed by atoms with E-state index in [2.05, 4.69) is 20.4 Å². The molecule has 16 heavy (non-hydrogen) atoms. The Bertz CT molecular complexity index is 506. The van der Waals surface area contributed by atoms with Crippen molar-refractivity contribution < 1.29 is 14.6 Å². The molecule has 0 saturated heterocycles. The highest BCUT2D eigenvalue weighted by atomic mass is 16.5. The van der Waals surface area contributed by atoms with Gasteiger partial charge in [0.1, 0.15) is 0 Å². The van der Waals surface area contributed by atoms with Crippen LogP contribution in [0.3, 0.4) is 0 Å². The van der Waals surface area contributed by atoms with E-state index >= 15 is 0 Å². The van der Waals surface area contributed by atoms with Crippen LogP contribution in [0.15, 0.2) is 18.2 Å². The highest BCUT2D eigenvalue weighted by Crippen LogP contribution is 2.16. The number of aromatic amines is 1. The van der Waals surface area contributed by atoms with Gasteiger partial charge in [-0.15, -0.1) is 15.3 Å². The third kappa shape index (κ3) is 2.14. The van der Waals surface area contributed by atoms with Gasteiger partial charge in [0.15, 0.2) is 5.69 Å². The van der Waals surface area contributed by atoms with E-state index in [-0.39, 0.29) is 11.6 Å². The van der Waals surface area contributed by atoms with Crippen molar-refractivity contribution in [2.45, 2.75) is 6.92 Å². The number of hydrogen-bond acceptors (Lipinski definition) is 5. The standard InChI is InChI=1S/C9H8N4O3/c1-5-4-8(13-10-5)16-7-3-2-6(9(14)15)11-12-7/h2-4H,1H3,(H,10,13)(H,14,15). The third-order valence-electron chi connectivity index (χ3n) is 1.75. The number of aryl methyl sites for hydroxylation is 1. The van der Waals surface area contributed by atoms with Gasteiger partial charge >= 0.3 is 5.97 Å². The summed E-state index contributed by atoms with van der Waals surface area (Å²) in [5.74, 6) is -0.582. The topological polar surface area (TPSA) is 101 Å². The molecule has 2 aromatic heterocycles. The number of nitrogens with zero attached hydrogens (tertiary/aromatic N) is 3. The first kappa shape index (κ1) is 10.1. The highest BCUT2D eigenvalue weighted by Gasteiger charge is 2.07. The Hall–Kier alpha value is -2.44. The number of hydrogen-bond donors (Lipinski definition) is 2. The van der Waals surface area contributed by atoms with E-state index in [0.29, 0.717) is 5.88 Å². The first-order valence-corrected chi connectivity index (χ1v) is 4.42. The second kappa shape index (κ2) is 3.97. The summed E-state index contributed by atoms with van der Waals surface area (Å²) in [6, 6.07) is 4.41. The number of aromatic carboxylic acids is 1. The molecule has 7 heteroatoms. The quantitative estimate of drug-likeness (QED) is 0.800. The van der Waals surface area contributed by atoms with E-state index in [9.17, 15) is 4.79 Å². The smallest absolute Gasteiger partial charge is 0.356 e. The van der Waals surface area contributed by atoms with Gasteiger partial charge in [-0.3, -0.25) is 5.10 Å². The number of nitrogens with one attached hydrogen (secondary N) is 1. The van der Waals surface area contributed by atoms with Crippen molar-refractivity contribution in [1.82, 2.24) is 20.4 Å². The van der Waals surface area contributed by atoms with Gasteiger partial charge in [-0.2, -0.15) is 0 Å². The van der Waals surface area contributed by atoms with Crippen LogP contribution < -0.4 is 4.74 Å². The number of ether oxygens (including phenoxy) is 1. The van der Waals surface area contributed by atoms with Gasteiger partial charge in [-0.25, -0.2) is 4.79 Å². The van der Waals surface area contributed by atoms with E-state index < -0.39 is 5.97 Å². The van der Waals surface area contributed by atoms with Gasteiger partial charge < -0.3 is 9.84 Å². The molecule has 0 bridgehead atoms. The number of carbonyl (C=O) groups is 1. The molecule has 2 aromatic rings. The van der Waals surface area contributed by atoms with E-state index in [1.54, 1.807) is 6.07 Å². The Morgan fingerprint density at radius 2 is 2.19 bits per heavy atom. The lowest BCUT2D eigenvalue weighted by Gasteiger charge is -1.98. The van der Waals surface area contributed by atoms with E-state index in [4.69, 9.17) is 9.84 Å². The minimum atomic E-state index is -1.13. The monoisotopic (exact) mass is 220 g/mol. The molecule has 0 aliphatic carbocycles. The van der Waals surface area contributed by atoms with Gasteiger partial charge in [0, 0.05) is 17.8 Å². The van der Waals surface area contributed by atoms with Crippen molar-refractivity contribution in [1.29, 1.82) is 0 Å². The van der Waals surface area contributed by atoms with Crippen LogP contribution in [-0.2, 0) is 0 Å². The van der Waals surface area contributed by atoms with E-state index in [1.165, 1.54) is 12.1 Å². The van der Waals surface area contributed by atoms with Crippen LogP contribution in [0.2, 0.25) is 0 Å². The average Bonchev–Trinajstić information content (AvgIpc) is 2.65. The molecule has 0 radical (unpaired) electrons. The molecule has 0 unspecified atom stereocenters. The Morgan fingerprint density at radius 1 is 1.38 bits per heavy atom. The SMILES string of the molecule is Cc1cc(Oc2ccc(C(=O)O)nn2)n[nH]1. The molecule has 7 nitrogen and oxygen atoms in total. The highest BCUT2D eigenvalue weighted by molar-refractivity contribution is 5.84. The van der Waals surface area contributed by atoms with Crippen LogP contribution in [0, 0.1) is 6.92 Å². The first-order valence-electron chi connectivity index (χ1n) is 4.42. The lowest BCUT2D eigenvalue weighted by Crippen LogP contribution is -2.02. The lowest BCUT2D eigenvalue weighted by atomic mass is 10.4. The van der Waals surface area contributed by atoms with Gasteiger partial charge in [0.05, 0.1) is 0 Å². The average molecular weight is 220 g/mol. The van der Waals surface area contributed by atoms with Crippen molar-refractivity contribution in [3.05, 3.63) is 29.6 Å². The van der Waals surface area contributed by atoms with Gasteiger partial charge in [0.2, 0.25) is 11.8 Å². The first-order chi connectivity index (χ1) is 7.65. The second-order valence-corrected chi connectivity index (χ2v) is 3.05. The molecule has 0 fully saturated rings. The minimum Gasteiger partial charge on any atom is -0.476 e. The lowest BCUT2D eigenvalue weighted by molar-refractivity contribution is 0.0689. The summed E-state index contributed by atoms with van der Waals surface area (Å²) in [5.41, 5.74) is 0.718. The molecule has 2 rings (SSSR count). The van der Waals surface area contributed by atoms with Crippen LogP contribution in [0.25, 0.3) is 0 Å². The predicted octanol–water partition coefficient (Wildman–Crippen LogP) is 0.999. The summed E-state index contributed by atoms with van der Waals surface area (Å²) in [6.07, 6.45) is 0. The maximum Gasteiger partial charge on any atom is 0.356 e. The Labute approximate surface area is 90.1 Å². The van der Waals surface area contributed by atoms with Crippen molar-refractivity contribution in [2.75, 3.05) is 0 Å².